The van der Waals surface area contributed by atoms with E-state index < -0.39 is 11.7 Å². The summed E-state index contributed by atoms with van der Waals surface area (Å²) in [5.41, 5.74) is 1.01. The van der Waals surface area contributed by atoms with Gasteiger partial charge in [-0.25, -0.2) is 4.39 Å². The number of benzene rings is 2. The smallest absolute Gasteiger partial charge is 0.258 e. The molecular weight excluding hydrogens is 323 g/mol. The molecule has 0 aliphatic heterocycles. The van der Waals surface area contributed by atoms with Gasteiger partial charge in [-0.1, -0.05) is 28.1 Å². The molecule has 2 aromatic rings. The minimum absolute atomic E-state index is 0.0446. The summed E-state index contributed by atoms with van der Waals surface area (Å²) in [6, 6.07) is 11.5. The molecule has 0 aromatic heterocycles. The van der Waals surface area contributed by atoms with Crippen LogP contribution in [0.2, 0.25) is 0 Å². The SMILES string of the molecule is Cc1cccc(C(=O)Nc2ccc(Br)cc2C#N)c1F. The maximum absolute atomic E-state index is 13.9. The summed E-state index contributed by atoms with van der Waals surface area (Å²) in [4.78, 5) is 12.1. The minimum Gasteiger partial charge on any atom is -0.321 e. The van der Waals surface area contributed by atoms with Gasteiger partial charge in [0.15, 0.2) is 0 Å². The first-order valence-electron chi connectivity index (χ1n) is 5.79. The Kier molecular flexibility index (Phi) is 4.16. The van der Waals surface area contributed by atoms with E-state index in [1.54, 1.807) is 37.3 Å². The Morgan fingerprint density at radius 1 is 1.35 bits per heavy atom. The van der Waals surface area contributed by atoms with E-state index in [4.69, 9.17) is 5.26 Å². The minimum atomic E-state index is -0.579. The Hall–Kier alpha value is -2.19. The molecule has 2 rings (SSSR count). The highest BCUT2D eigenvalue weighted by atomic mass is 79.9. The number of anilines is 1. The lowest BCUT2D eigenvalue weighted by Crippen LogP contribution is -2.15. The van der Waals surface area contributed by atoms with Crippen molar-refractivity contribution in [3.8, 4) is 6.07 Å². The molecule has 0 bridgehead atoms. The summed E-state index contributed by atoms with van der Waals surface area (Å²) in [5, 5.41) is 11.6. The lowest BCUT2D eigenvalue weighted by Gasteiger charge is -2.09. The van der Waals surface area contributed by atoms with E-state index >= 15 is 0 Å². The first-order chi connectivity index (χ1) is 9.52. The van der Waals surface area contributed by atoms with Crippen LogP contribution in [0.4, 0.5) is 10.1 Å². The number of nitrogens with zero attached hydrogens (tertiary/aromatic N) is 1. The van der Waals surface area contributed by atoms with Gasteiger partial charge in [0.1, 0.15) is 11.9 Å². The molecule has 0 heterocycles. The molecule has 1 amide bonds. The molecule has 0 saturated carbocycles. The molecule has 0 unspecified atom stereocenters. The number of nitrogens with one attached hydrogen (secondary N) is 1. The van der Waals surface area contributed by atoms with Crippen LogP contribution in [0.15, 0.2) is 40.9 Å². The highest BCUT2D eigenvalue weighted by molar-refractivity contribution is 9.10. The van der Waals surface area contributed by atoms with Crippen LogP contribution in [0.1, 0.15) is 21.5 Å². The summed E-state index contributed by atoms with van der Waals surface area (Å²) in [6.07, 6.45) is 0. The van der Waals surface area contributed by atoms with Gasteiger partial charge < -0.3 is 5.32 Å². The lowest BCUT2D eigenvalue weighted by atomic mass is 10.1. The molecular formula is C15H10BrFN2O. The van der Waals surface area contributed by atoms with Crippen LogP contribution >= 0.6 is 15.9 Å². The van der Waals surface area contributed by atoms with E-state index in [9.17, 15) is 9.18 Å². The molecule has 0 aliphatic carbocycles. The van der Waals surface area contributed by atoms with Gasteiger partial charge in [0.25, 0.3) is 5.91 Å². The fourth-order valence-electron chi connectivity index (χ4n) is 1.73. The number of aryl methyl sites for hydroxylation is 1. The van der Waals surface area contributed by atoms with E-state index in [2.05, 4.69) is 21.2 Å². The van der Waals surface area contributed by atoms with Crippen LogP contribution in [0.25, 0.3) is 0 Å². The Labute approximate surface area is 124 Å². The molecule has 0 radical (unpaired) electrons. The molecule has 100 valence electrons. The monoisotopic (exact) mass is 332 g/mol. The Bertz CT molecular complexity index is 722. The van der Waals surface area contributed by atoms with Crippen molar-refractivity contribution in [2.24, 2.45) is 0 Å². The maximum atomic E-state index is 13.9. The zero-order valence-electron chi connectivity index (χ0n) is 10.6. The normalized spacial score (nSPS) is 9.90. The number of rotatable bonds is 2. The topological polar surface area (TPSA) is 52.9 Å². The number of nitriles is 1. The number of carbonyl (C=O) groups excluding carboxylic acids is 1. The average molecular weight is 333 g/mol. The Morgan fingerprint density at radius 3 is 2.80 bits per heavy atom. The second kappa shape index (κ2) is 5.85. The van der Waals surface area contributed by atoms with Gasteiger partial charge in [-0.2, -0.15) is 5.26 Å². The fraction of sp³-hybridized carbons (Fsp3) is 0.0667. The molecule has 2 aromatic carbocycles. The largest absolute Gasteiger partial charge is 0.321 e. The zero-order valence-corrected chi connectivity index (χ0v) is 12.2. The van der Waals surface area contributed by atoms with Crippen molar-refractivity contribution in [1.82, 2.24) is 0 Å². The number of amides is 1. The van der Waals surface area contributed by atoms with Crippen molar-refractivity contribution in [3.05, 3.63) is 63.4 Å². The predicted octanol–water partition coefficient (Wildman–Crippen LogP) is 4.02. The molecule has 3 nitrogen and oxygen atoms in total. The van der Waals surface area contributed by atoms with Crippen LogP contribution in [0, 0.1) is 24.1 Å². The number of hydrogen-bond acceptors (Lipinski definition) is 2. The van der Waals surface area contributed by atoms with Gasteiger partial charge >= 0.3 is 0 Å². The van der Waals surface area contributed by atoms with Gasteiger partial charge in [-0.3, -0.25) is 4.79 Å². The first-order valence-corrected chi connectivity index (χ1v) is 6.58. The summed E-state index contributed by atoms with van der Waals surface area (Å²) in [5.74, 6) is -1.13. The summed E-state index contributed by atoms with van der Waals surface area (Å²) < 4.78 is 14.6. The van der Waals surface area contributed by atoms with Crippen molar-refractivity contribution < 1.29 is 9.18 Å². The number of halogens is 2. The van der Waals surface area contributed by atoms with Gasteiger partial charge in [0, 0.05) is 4.47 Å². The van der Waals surface area contributed by atoms with Crippen LogP contribution < -0.4 is 5.32 Å². The van der Waals surface area contributed by atoms with Gasteiger partial charge in [-0.15, -0.1) is 0 Å². The zero-order chi connectivity index (χ0) is 14.7. The van der Waals surface area contributed by atoms with Crippen molar-refractivity contribution in [3.63, 3.8) is 0 Å². The molecule has 0 spiro atoms. The Balaban J connectivity index is 2.33. The predicted molar refractivity (Wildman–Crippen MR) is 77.9 cm³/mol. The molecule has 0 saturated heterocycles. The van der Waals surface area contributed by atoms with Gasteiger partial charge in [0.05, 0.1) is 16.8 Å². The lowest BCUT2D eigenvalue weighted by molar-refractivity contribution is 0.102. The number of hydrogen-bond donors (Lipinski definition) is 1. The molecule has 20 heavy (non-hydrogen) atoms. The first kappa shape index (κ1) is 14.2. The summed E-state index contributed by atoms with van der Waals surface area (Å²) in [7, 11) is 0. The highest BCUT2D eigenvalue weighted by Gasteiger charge is 2.14. The summed E-state index contributed by atoms with van der Waals surface area (Å²) >= 11 is 3.25. The van der Waals surface area contributed by atoms with Crippen LogP contribution in [0.5, 0.6) is 0 Å². The molecule has 5 heteroatoms. The third-order valence-corrected chi connectivity index (χ3v) is 3.28. The van der Waals surface area contributed by atoms with Crippen LogP contribution in [-0.4, -0.2) is 5.91 Å². The molecule has 1 N–H and O–H groups in total. The van der Waals surface area contributed by atoms with E-state index in [1.165, 1.54) is 6.07 Å². The highest BCUT2D eigenvalue weighted by Crippen LogP contribution is 2.21. The van der Waals surface area contributed by atoms with E-state index in [0.717, 1.165) is 4.47 Å². The maximum Gasteiger partial charge on any atom is 0.258 e. The average Bonchev–Trinajstić information content (AvgIpc) is 2.43. The number of carbonyl (C=O) groups is 1. The van der Waals surface area contributed by atoms with Crippen LogP contribution in [0.3, 0.4) is 0 Å². The quantitative estimate of drug-likeness (QED) is 0.902. The molecule has 0 fully saturated rings. The third kappa shape index (κ3) is 2.86. The van der Waals surface area contributed by atoms with Crippen molar-refractivity contribution in [2.45, 2.75) is 6.92 Å². The standard InChI is InChI=1S/C15H10BrFN2O/c1-9-3-2-4-12(14(9)17)15(20)19-13-6-5-11(16)7-10(13)8-18/h2-7H,1H3,(H,19,20). The van der Waals surface area contributed by atoms with E-state index in [1.807, 2.05) is 6.07 Å². The summed E-state index contributed by atoms with van der Waals surface area (Å²) in [6.45, 7) is 1.59. The third-order valence-electron chi connectivity index (χ3n) is 2.79. The van der Waals surface area contributed by atoms with Gasteiger partial charge in [-0.05, 0) is 36.8 Å². The molecule has 0 atom stereocenters. The van der Waals surface area contributed by atoms with Crippen molar-refractivity contribution >= 4 is 27.5 Å². The second-order valence-electron chi connectivity index (χ2n) is 4.19. The molecule has 0 aliphatic rings. The van der Waals surface area contributed by atoms with E-state index in [0.29, 0.717) is 16.8 Å². The second-order valence-corrected chi connectivity index (χ2v) is 5.11. The van der Waals surface area contributed by atoms with Crippen LogP contribution in [-0.2, 0) is 0 Å². The van der Waals surface area contributed by atoms with Crippen molar-refractivity contribution in [1.29, 1.82) is 5.26 Å². The van der Waals surface area contributed by atoms with Gasteiger partial charge in [0.2, 0.25) is 0 Å². The van der Waals surface area contributed by atoms with E-state index in [-0.39, 0.29) is 5.56 Å². The van der Waals surface area contributed by atoms with Crippen molar-refractivity contribution in [2.75, 3.05) is 5.32 Å². The fourth-order valence-corrected chi connectivity index (χ4v) is 2.09. The Morgan fingerprint density at radius 2 is 2.10 bits per heavy atom.